The van der Waals surface area contributed by atoms with E-state index in [9.17, 15) is 9.18 Å². The molecule has 1 aliphatic rings. The molecule has 0 atom stereocenters. The maximum atomic E-state index is 13.1. The van der Waals surface area contributed by atoms with Gasteiger partial charge >= 0.3 is 0 Å². The maximum Gasteiger partial charge on any atom is 0.253 e. The molecule has 0 bridgehead atoms. The molecule has 1 fully saturated rings. The van der Waals surface area contributed by atoms with Crippen molar-refractivity contribution in [1.82, 2.24) is 9.80 Å². The van der Waals surface area contributed by atoms with Gasteiger partial charge in [0.05, 0.1) is 0 Å². The summed E-state index contributed by atoms with van der Waals surface area (Å²) in [6.07, 6.45) is 0. The predicted molar refractivity (Wildman–Crippen MR) is 133 cm³/mol. The summed E-state index contributed by atoms with van der Waals surface area (Å²) in [6.45, 7) is 10.7. The standard InChI is InChI=1S/C29H33FN2O2/c1-29(2,3)25-9-13-27(14-10-25)34-21-23-5-4-6-24(19-23)28(33)32-17-15-31(16-18-32)20-22-7-11-26(30)12-8-22/h4-14,19H,15-18,20-21H2,1-3H3. The molecular weight excluding hydrogens is 427 g/mol. The molecule has 3 aromatic carbocycles. The maximum absolute atomic E-state index is 13.1. The van der Waals surface area contributed by atoms with Crippen LogP contribution < -0.4 is 4.74 Å². The second-order valence-electron chi connectivity index (χ2n) is 9.96. The predicted octanol–water partition coefficient (Wildman–Crippen LogP) is 5.66. The summed E-state index contributed by atoms with van der Waals surface area (Å²) in [5.74, 6) is 0.657. The number of hydrogen-bond acceptors (Lipinski definition) is 3. The van der Waals surface area contributed by atoms with Gasteiger partial charge < -0.3 is 9.64 Å². The Bertz CT molecular complexity index is 1100. The lowest BCUT2D eigenvalue weighted by Gasteiger charge is -2.34. The van der Waals surface area contributed by atoms with Crippen molar-refractivity contribution < 1.29 is 13.9 Å². The molecule has 0 unspecified atom stereocenters. The van der Waals surface area contributed by atoms with E-state index in [0.29, 0.717) is 25.3 Å². The molecule has 0 radical (unpaired) electrons. The number of carbonyl (C=O) groups excluding carboxylic acids is 1. The Morgan fingerprint density at radius 1 is 0.882 bits per heavy atom. The average Bonchev–Trinajstić information content (AvgIpc) is 2.84. The van der Waals surface area contributed by atoms with Crippen molar-refractivity contribution in [3.05, 3.63) is 101 Å². The zero-order valence-corrected chi connectivity index (χ0v) is 20.3. The summed E-state index contributed by atoms with van der Waals surface area (Å²) >= 11 is 0. The van der Waals surface area contributed by atoms with E-state index in [-0.39, 0.29) is 17.1 Å². The highest BCUT2D eigenvalue weighted by molar-refractivity contribution is 5.94. The number of carbonyl (C=O) groups is 1. The number of hydrogen-bond donors (Lipinski definition) is 0. The van der Waals surface area contributed by atoms with E-state index in [1.165, 1.54) is 17.7 Å². The zero-order valence-electron chi connectivity index (χ0n) is 20.3. The zero-order chi connectivity index (χ0) is 24.1. The van der Waals surface area contributed by atoms with Gasteiger partial charge in [-0.15, -0.1) is 0 Å². The number of benzene rings is 3. The lowest BCUT2D eigenvalue weighted by atomic mass is 9.87. The van der Waals surface area contributed by atoms with E-state index >= 15 is 0 Å². The molecule has 5 heteroatoms. The molecule has 178 valence electrons. The molecule has 1 saturated heterocycles. The number of nitrogens with zero attached hydrogens (tertiary/aromatic N) is 2. The molecule has 1 amide bonds. The van der Waals surface area contributed by atoms with Gasteiger partial charge in [-0.1, -0.05) is 57.2 Å². The van der Waals surface area contributed by atoms with Gasteiger partial charge in [0.15, 0.2) is 0 Å². The summed E-state index contributed by atoms with van der Waals surface area (Å²) in [5.41, 5.74) is 4.13. The Balaban J connectivity index is 1.30. The van der Waals surface area contributed by atoms with E-state index in [1.807, 2.05) is 53.4 Å². The van der Waals surface area contributed by atoms with E-state index in [0.717, 1.165) is 36.5 Å². The highest BCUT2D eigenvalue weighted by Gasteiger charge is 2.22. The number of piperazine rings is 1. The first-order valence-corrected chi connectivity index (χ1v) is 11.9. The Morgan fingerprint density at radius 3 is 2.21 bits per heavy atom. The van der Waals surface area contributed by atoms with E-state index < -0.39 is 0 Å². The number of amides is 1. The SMILES string of the molecule is CC(C)(C)c1ccc(OCc2cccc(C(=O)N3CCN(Cc4ccc(F)cc4)CC3)c2)cc1. The van der Waals surface area contributed by atoms with Crippen molar-refractivity contribution in [2.75, 3.05) is 26.2 Å². The quantitative estimate of drug-likeness (QED) is 0.476. The molecule has 34 heavy (non-hydrogen) atoms. The molecule has 0 N–H and O–H groups in total. The van der Waals surface area contributed by atoms with Gasteiger partial charge in [0.1, 0.15) is 18.2 Å². The topological polar surface area (TPSA) is 32.8 Å². The smallest absolute Gasteiger partial charge is 0.253 e. The molecule has 0 spiro atoms. The van der Waals surface area contributed by atoms with Gasteiger partial charge in [-0.3, -0.25) is 9.69 Å². The van der Waals surface area contributed by atoms with Crippen LogP contribution in [0.3, 0.4) is 0 Å². The van der Waals surface area contributed by atoms with Crippen LogP contribution in [-0.4, -0.2) is 41.9 Å². The van der Waals surface area contributed by atoms with Crippen molar-refractivity contribution in [2.24, 2.45) is 0 Å². The minimum absolute atomic E-state index is 0.0535. The van der Waals surface area contributed by atoms with E-state index in [1.54, 1.807) is 0 Å². The van der Waals surface area contributed by atoms with Gasteiger partial charge in [0.2, 0.25) is 0 Å². The van der Waals surface area contributed by atoms with Crippen molar-refractivity contribution in [3.8, 4) is 5.75 Å². The van der Waals surface area contributed by atoms with Crippen molar-refractivity contribution in [2.45, 2.75) is 39.3 Å². The van der Waals surface area contributed by atoms with Gasteiger partial charge in [0, 0.05) is 38.3 Å². The van der Waals surface area contributed by atoms with Crippen LogP contribution in [0.5, 0.6) is 5.75 Å². The monoisotopic (exact) mass is 460 g/mol. The van der Waals surface area contributed by atoms with Crippen LogP contribution in [0.4, 0.5) is 4.39 Å². The average molecular weight is 461 g/mol. The Morgan fingerprint density at radius 2 is 1.56 bits per heavy atom. The Hall–Kier alpha value is -3.18. The highest BCUT2D eigenvalue weighted by atomic mass is 19.1. The summed E-state index contributed by atoms with van der Waals surface area (Å²) in [6, 6.07) is 22.5. The molecule has 0 aliphatic carbocycles. The van der Waals surface area contributed by atoms with Crippen LogP contribution in [0.15, 0.2) is 72.8 Å². The largest absolute Gasteiger partial charge is 0.489 e. The van der Waals surface area contributed by atoms with Gasteiger partial charge in [0.25, 0.3) is 5.91 Å². The summed E-state index contributed by atoms with van der Waals surface area (Å²) in [4.78, 5) is 17.3. The molecule has 4 rings (SSSR count). The minimum Gasteiger partial charge on any atom is -0.489 e. The highest BCUT2D eigenvalue weighted by Crippen LogP contribution is 2.24. The summed E-state index contributed by atoms with van der Waals surface area (Å²) < 4.78 is 19.1. The van der Waals surface area contributed by atoms with Crippen molar-refractivity contribution >= 4 is 5.91 Å². The third kappa shape index (κ3) is 6.23. The molecular formula is C29H33FN2O2. The van der Waals surface area contributed by atoms with E-state index in [4.69, 9.17) is 4.74 Å². The second-order valence-corrected chi connectivity index (χ2v) is 9.96. The van der Waals surface area contributed by atoms with Crippen LogP contribution in [-0.2, 0) is 18.6 Å². The van der Waals surface area contributed by atoms with Crippen LogP contribution in [0, 0.1) is 5.82 Å². The van der Waals surface area contributed by atoms with Crippen LogP contribution in [0.25, 0.3) is 0 Å². The first-order valence-electron chi connectivity index (χ1n) is 11.9. The number of ether oxygens (including phenoxy) is 1. The lowest BCUT2D eigenvalue weighted by molar-refractivity contribution is 0.0628. The molecule has 1 heterocycles. The molecule has 1 aliphatic heterocycles. The van der Waals surface area contributed by atoms with Gasteiger partial charge in [-0.05, 0) is 58.5 Å². The summed E-state index contributed by atoms with van der Waals surface area (Å²) in [7, 11) is 0. The Labute approximate surface area is 202 Å². The van der Waals surface area contributed by atoms with Gasteiger partial charge in [-0.25, -0.2) is 4.39 Å². The normalized spacial score (nSPS) is 14.8. The number of halogens is 1. The fourth-order valence-electron chi connectivity index (χ4n) is 4.15. The van der Waals surface area contributed by atoms with Crippen LogP contribution >= 0.6 is 0 Å². The lowest BCUT2D eigenvalue weighted by Crippen LogP contribution is -2.48. The third-order valence-corrected chi connectivity index (χ3v) is 6.28. The Kier molecular flexibility index (Phi) is 7.32. The molecule has 3 aromatic rings. The third-order valence-electron chi connectivity index (χ3n) is 6.28. The first-order chi connectivity index (χ1) is 16.3. The minimum atomic E-state index is -0.217. The molecule has 0 aromatic heterocycles. The van der Waals surface area contributed by atoms with E-state index in [2.05, 4.69) is 37.8 Å². The molecule has 4 nitrogen and oxygen atoms in total. The van der Waals surface area contributed by atoms with Crippen LogP contribution in [0.2, 0.25) is 0 Å². The summed E-state index contributed by atoms with van der Waals surface area (Å²) in [5, 5.41) is 0. The fraction of sp³-hybridized carbons (Fsp3) is 0.345. The fourth-order valence-corrected chi connectivity index (χ4v) is 4.15. The van der Waals surface area contributed by atoms with Gasteiger partial charge in [-0.2, -0.15) is 0 Å². The first kappa shape index (κ1) is 24.0. The van der Waals surface area contributed by atoms with Crippen molar-refractivity contribution in [3.63, 3.8) is 0 Å². The van der Waals surface area contributed by atoms with Crippen molar-refractivity contribution in [1.29, 1.82) is 0 Å². The van der Waals surface area contributed by atoms with Crippen LogP contribution in [0.1, 0.15) is 47.8 Å². The number of rotatable bonds is 6. The molecule has 0 saturated carbocycles. The second kappa shape index (κ2) is 10.4.